The molecule has 1 aliphatic rings. The molecule has 1 aromatic carbocycles. The lowest BCUT2D eigenvalue weighted by atomic mass is 10.1. The van der Waals surface area contributed by atoms with Crippen molar-refractivity contribution in [3.63, 3.8) is 0 Å². The molecule has 1 aliphatic heterocycles. The second-order valence-corrected chi connectivity index (χ2v) is 13.3. The number of imide groups is 1. The van der Waals surface area contributed by atoms with Crippen molar-refractivity contribution in [1.82, 2.24) is 10.2 Å². The smallest absolute Gasteiger partial charge is 0.424 e. The monoisotopic (exact) mass is 597 g/mol. The molecule has 0 unspecified atom stereocenters. The van der Waals surface area contributed by atoms with Gasteiger partial charge in [-0.25, -0.2) is 19.2 Å². The topological polar surface area (TPSA) is 124 Å². The first-order valence-electron chi connectivity index (χ1n) is 13.7. The molecule has 230 valence electrons. The van der Waals surface area contributed by atoms with Crippen molar-refractivity contribution >= 4 is 41.5 Å². The number of rotatable bonds is 6. The lowest BCUT2D eigenvalue weighted by Crippen LogP contribution is -2.44. The fraction of sp³-hybridized carbons (Fsp3) is 0.655. The number of alkyl carbamates (subject to hydrolysis) is 1. The zero-order valence-electron chi connectivity index (χ0n) is 25.8. The molecule has 12 heteroatoms. The van der Waals surface area contributed by atoms with E-state index in [4.69, 9.17) is 30.5 Å². The Kier molecular flexibility index (Phi) is 11.1. The minimum Gasteiger partial charge on any atom is -0.462 e. The number of hydrogen-bond acceptors (Lipinski definition) is 9. The van der Waals surface area contributed by atoms with Crippen molar-refractivity contribution in [2.45, 2.75) is 105 Å². The van der Waals surface area contributed by atoms with Gasteiger partial charge in [0.25, 0.3) is 0 Å². The van der Waals surface area contributed by atoms with Gasteiger partial charge in [0.05, 0.1) is 17.9 Å². The van der Waals surface area contributed by atoms with Crippen molar-refractivity contribution in [2.75, 3.05) is 24.6 Å². The fourth-order valence-corrected chi connectivity index (χ4v) is 4.20. The molecule has 1 aromatic rings. The number of benzene rings is 1. The van der Waals surface area contributed by atoms with E-state index in [-0.39, 0.29) is 28.9 Å². The van der Waals surface area contributed by atoms with E-state index in [0.717, 1.165) is 0 Å². The number of carbonyl (C=O) groups is 4. The molecule has 0 radical (unpaired) electrons. The largest absolute Gasteiger partial charge is 0.462 e. The highest BCUT2D eigenvalue weighted by atomic mass is 35.5. The SMILES string of the molecule is CCOC(=O)c1cc(Cl)c(CN2CC[C@@H](NC(=O)OC(C)(C)C)C2)cc1N(C(=O)OC(C)(C)C)C(=O)OC(C)(C)C. The molecule has 41 heavy (non-hydrogen) atoms. The minimum atomic E-state index is -1.02. The lowest BCUT2D eigenvalue weighted by Gasteiger charge is -2.30. The summed E-state index contributed by atoms with van der Waals surface area (Å²) in [5.41, 5.74) is -2.12. The molecule has 2 rings (SSSR count). The lowest BCUT2D eigenvalue weighted by molar-refractivity contribution is 0.0427. The molecule has 1 atom stereocenters. The molecule has 1 heterocycles. The first-order chi connectivity index (χ1) is 18.7. The van der Waals surface area contributed by atoms with Crippen molar-refractivity contribution in [1.29, 1.82) is 0 Å². The van der Waals surface area contributed by atoms with E-state index >= 15 is 0 Å². The van der Waals surface area contributed by atoms with Gasteiger partial charge in [-0.15, -0.1) is 0 Å². The van der Waals surface area contributed by atoms with Gasteiger partial charge in [-0.05, 0) is 93.4 Å². The van der Waals surface area contributed by atoms with Crippen LogP contribution in [0.1, 0.15) is 91.6 Å². The first kappa shape index (κ1) is 34.2. The van der Waals surface area contributed by atoms with Gasteiger partial charge < -0.3 is 24.3 Å². The van der Waals surface area contributed by atoms with E-state index in [1.54, 1.807) is 69.2 Å². The zero-order chi connectivity index (χ0) is 31.3. The Labute approximate surface area is 247 Å². The second kappa shape index (κ2) is 13.3. The molecule has 1 fully saturated rings. The van der Waals surface area contributed by atoms with Crippen molar-refractivity contribution < 1.29 is 38.1 Å². The summed E-state index contributed by atoms with van der Waals surface area (Å²) in [6, 6.07) is 2.73. The highest BCUT2D eigenvalue weighted by molar-refractivity contribution is 6.32. The van der Waals surface area contributed by atoms with E-state index < -0.39 is 41.1 Å². The normalized spacial score (nSPS) is 16.1. The minimum absolute atomic E-state index is 0.0658. The number of carbonyl (C=O) groups excluding carboxylic acids is 4. The Morgan fingerprint density at radius 2 is 1.46 bits per heavy atom. The third kappa shape index (κ3) is 11.0. The highest BCUT2D eigenvalue weighted by Gasteiger charge is 2.36. The van der Waals surface area contributed by atoms with Crippen LogP contribution in [0, 0.1) is 0 Å². The number of esters is 1. The van der Waals surface area contributed by atoms with Crippen molar-refractivity contribution in [3.05, 3.63) is 28.3 Å². The first-order valence-corrected chi connectivity index (χ1v) is 14.0. The molecule has 0 aromatic heterocycles. The molecular weight excluding hydrogens is 554 g/mol. The van der Waals surface area contributed by atoms with Crippen LogP contribution < -0.4 is 10.2 Å². The van der Waals surface area contributed by atoms with E-state index in [2.05, 4.69) is 10.2 Å². The second-order valence-electron chi connectivity index (χ2n) is 12.8. The molecule has 0 saturated carbocycles. The van der Waals surface area contributed by atoms with Gasteiger partial charge in [0.1, 0.15) is 16.8 Å². The van der Waals surface area contributed by atoms with E-state index in [1.165, 1.54) is 12.1 Å². The van der Waals surface area contributed by atoms with Gasteiger partial charge in [0, 0.05) is 30.7 Å². The molecule has 0 aliphatic carbocycles. The third-order valence-corrected chi connectivity index (χ3v) is 5.79. The van der Waals surface area contributed by atoms with E-state index in [0.29, 0.717) is 36.5 Å². The van der Waals surface area contributed by atoms with Crippen LogP contribution in [0.3, 0.4) is 0 Å². The van der Waals surface area contributed by atoms with Crippen LogP contribution in [0.5, 0.6) is 0 Å². The number of halogens is 1. The van der Waals surface area contributed by atoms with Gasteiger partial charge in [0.2, 0.25) is 0 Å². The summed E-state index contributed by atoms with van der Waals surface area (Å²) < 4.78 is 21.6. The maximum Gasteiger partial charge on any atom is 0.424 e. The highest BCUT2D eigenvalue weighted by Crippen LogP contribution is 2.33. The van der Waals surface area contributed by atoms with Crippen LogP contribution in [0.15, 0.2) is 12.1 Å². The van der Waals surface area contributed by atoms with Gasteiger partial charge in [-0.2, -0.15) is 4.90 Å². The Bertz CT molecular complexity index is 1110. The van der Waals surface area contributed by atoms with Gasteiger partial charge >= 0.3 is 24.2 Å². The summed E-state index contributed by atoms with van der Waals surface area (Å²) >= 11 is 6.62. The fourth-order valence-electron chi connectivity index (χ4n) is 3.98. The molecular formula is C29H44ClN3O8. The standard InChI is InChI=1S/C29H44ClN3O8/c1-11-38-23(34)20-15-21(30)18(16-32-13-12-19(17-32)31-24(35)39-27(2,3)4)14-22(20)33(25(36)40-28(5,6)7)26(37)41-29(8,9)10/h14-15,19H,11-13,16-17H2,1-10H3,(H,31,35)/t19-/m1/s1. The van der Waals surface area contributed by atoms with Gasteiger partial charge in [0.15, 0.2) is 0 Å². The predicted octanol–water partition coefficient (Wildman–Crippen LogP) is 6.29. The zero-order valence-corrected chi connectivity index (χ0v) is 26.6. The molecule has 3 amide bonds. The van der Waals surface area contributed by atoms with Crippen LogP contribution >= 0.6 is 11.6 Å². The van der Waals surface area contributed by atoms with E-state index in [9.17, 15) is 19.2 Å². The van der Waals surface area contributed by atoms with Crippen LogP contribution in [-0.2, 0) is 25.5 Å². The average Bonchev–Trinajstić information content (AvgIpc) is 3.18. The van der Waals surface area contributed by atoms with Crippen LogP contribution in [-0.4, -0.2) is 71.7 Å². The summed E-state index contributed by atoms with van der Waals surface area (Å²) in [6.45, 7) is 18.5. The summed E-state index contributed by atoms with van der Waals surface area (Å²) in [5.74, 6) is -0.768. The number of likely N-dealkylation sites (tertiary alicyclic amines) is 1. The quantitative estimate of drug-likeness (QED) is 0.297. The molecule has 1 saturated heterocycles. The van der Waals surface area contributed by atoms with Gasteiger partial charge in [-0.3, -0.25) is 4.90 Å². The Morgan fingerprint density at radius 1 is 0.927 bits per heavy atom. The van der Waals surface area contributed by atoms with Crippen LogP contribution in [0.4, 0.5) is 20.1 Å². The summed E-state index contributed by atoms with van der Waals surface area (Å²) in [7, 11) is 0. The molecule has 0 spiro atoms. The van der Waals surface area contributed by atoms with Crippen molar-refractivity contribution in [3.8, 4) is 0 Å². The molecule has 1 N–H and O–H groups in total. The average molecular weight is 598 g/mol. The Morgan fingerprint density at radius 3 is 1.95 bits per heavy atom. The Balaban J connectivity index is 2.46. The maximum atomic E-state index is 13.4. The number of anilines is 1. The number of hydrogen-bond donors (Lipinski definition) is 1. The Hall–Kier alpha value is -3.05. The number of amides is 3. The molecule has 0 bridgehead atoms. The summed E-state index contributed by atoms with van der Waals surface area (Å²) in [4.78, 5) is 54.7. The maximum absolute atomic E-state index is 13.4. The number of nitrogens with one attached hydrogen (secondary N) is 1. The summed E-state index contributed by atoms with van der Waals surface area (Å²) in [5, 5.41) is 3.12. The van der Waals surface area contributed by atoms with Crippen LogP contribution in [0.25, 0.3) is 0 Å². The van der Waals surface area contributed by atoms with Crippen molar-refractivity contribution in [2.24, 2.45) is 0 Å². The summed E-state index contributed by atoms with van der Waals surface area (Å²) in [6.07, 6.45) is -1.84. The van der Waals surface area contributed by atoms with Gasteiger partial charge in [-0.1, -0.05) is 11.6 Å². The predicted molar refractivity (Wildman–Crippen MR) is 155 cm³/mol. The van der Waals surface area contributed by atoms with E-state index in [1.807, 2.05) is 0 Å². The number of ether oxygens (including phenoxy) is 4. The third-order valence-electron chi connectivity index (χ3n) is 5.44. The number of nitrogens with zero attached hydrogens (tertiary/aromatic N) is 2. The van der Waals surface area contributed by atoms with Crippen LogP contribution in [0.2, 0.25) is 5.02 Å². The molecule has 11 nitrogen and oxygen atoms in total.